The first-order chi connectivity index (χ1) is 8.65. The Balaban J connectivity index is 1.84. The van der Waals surface area contributed by atoms with Crippen molar-refractivity contribution in [3.63, 3.8) is 0 Å². The SMILES string of the molecule is O=C(Nc1cc(Cl)ccc1Cl)OCC1CCNC1. The van der Waals surface area contributed by atoms with Gasteiger partial charge in [0.1, 0.15) is 0 Å². The van der Waals surface area contributed by atoms with Crippen molar-refractivity contribution < 1.29 is 9.53 Å². The van der Waals surface area contributed by atoms with E-state index in [1.807, 2.05) is 0 Å². The van der Waals surface area contributed by atoms with E-state index >= 15 is 0 Å². The van der Waals surface area contributed by atoms with Gasteiger partial charge in [-0.3, -0.25) is 5.32 Å². The normalized spacial score (nSPS) is 18.7. The van der Waals surface area contributed by atoms with Crippen molar-refractivity contribution in [1.29, 1.82) is 0 Å². The van der Waals surface area contributed by atoms with Crippen LogP contribution in [0.5, 0.6) is 0 Å². The largest absolute Gasteiger partial charge is 0.449 e. The summed E-state index contributed by atoms with van der Waals surface area (Å²) in [4.78, 5) is 11.6. The average molecular weight is 289 g/mol. The molecular weight excluding hydrogens is 275 g/mol. The van der Waals surface area contributed by atoms with Crippen molar-refractivity contribution in [1.82, 2.24) is 5.32 Å². The van der Waals surface area contributed by atoms with E-state index < -0.39 is 6.09 Å². The van der Waals surface area contributed by atoms with Crippen molar-refractivity contribution >= 4 is 35.0 Å². The zero-order valence-corrected chi connectivity index (χ0v) is 11.2. The second-order valence-electron chi connectivity index (χ2n) is 4.21. The van der Waals surface area contributed by atoms with Crippen molar-refractivity contribution in [3.8, 4) is 0 Å². The molecule has 1 saturated heterocycles. The number of ether oxygens (including phenoxy) is 1. The van der Waals surface area contributed by atoms with E-state index in [0.29, 0.717) is 28.3 Å². The molecule has 1 aromatic carbocycles. The zero-order valence-electron chi connectivity index (χ0n) is 9.71. The van der Waals surface area contributed by atoms with E-state index in [9.17, 15) is 4.79 Å². The molecule has 98 valence electrons. The lowest BCUT2D eigenvalue weighted by Gasteiger charge is -2.11. The van der Waals surface area contributed by atoms with Crippen LogP contribution in [0.3, 0.4) is 0 Å². The van der Waals surface area contributed by atoms with E-state index in [-0.39, 0.29) is 0 Å². The molecule has 1 aliphatic rings. The molecule has 1 atom stereocenters. The van der Waals surface area contributed by atoms with Gasteiger partial charge in [0.05, 0.1) is 17.3 Å². The van der Waals surface area contributed by atoms with E-state index in [0.717, 1.165) is 19.5 Å². The molecular formula is C12H14Cl2N2O2. The fourth-order valence-electron chi connectivity index (χ4n) is 1.79. The molecule has 1 aliphatic heterocycles. The van der Waals surface area contributed by atoms with Gasteiger partial charge < -0.3 is 10.1 Å². The van der Waals surface area contributed by atoms with Gasteiger partial charge in [-0.1, -0.05) is 23.2 Å². The van der Waals surface area contributed by atoms with Crippen LogP contribution in [-0.2, 0) is 4.74 Å². The molecule has 1 heterocycles. The van der Waals surface area contributed by atoms with Gasteiger partial charge in [-0.15, -0.1) is 0 Å². The first kappa shape index (κ1) is 13.5. The first-order valence-electron chi connectivity index (χ1n) is 5.74. The van der Waals surface area contributed by atoms with Crippen molar-refractivity contribution in [3.05, 3.63) is 28.2 Å². The van der Waals surface area contributed by atoms with E-state index in [2.05, 4.69) is 10.6 Å². The molecule has 0 radical (unpaired) electrons. The average Bonchev–Trinajstić information content (AvgIpc) is 2.84. The molecule has 0 spiro atoms. The van der Waals surface area contributed by atoms with Gasteiger partial charge in [-0.05, 0) is 31.2 Å². The molecule has 1 fully saturated rings. The quantitative estimate of drug-likeness (QED) is 0.898. The Labute approximate surface area is 116 Å². The van der Waals surface area contributed by atoms with Crippen molar-refractivity contribution in [2.45, 2.75) is 6.42 Å². The number of halogens is 2. The highest BCUT2D eigenvalue weighted by molar-refractivity contribution is 6.35. The van der Waals surface area contributed by atoms with Crippen LogP contribution in [0.2, 0.25) is 10.0 Å². The van der Waals surface area contributed by atoms with Gasteiger partial charge in [-0.25, -0.2) is 4.79 Å². The maximum absolute atomic E-state index is 11.6. The second-order valence-corrected chi connectivity index (χ2v) is 5.05. The summed E-state index contributed by atoms with van der Waals surface area (Å²) in [5, 5.41) is 6.73. The molecule has 6 heteroatoms. The number of hydrogen-bond donors (Lipinski definition) is 2. The van der Waals surface area contributed by atoms with Gasteiger partial charge in [0.2, 0.25) is 0 Å². The molecule has 1 unspecified atom stereocenters. The van der Waals surface area contributed by atoms with Gasteiger partial charge in [0, 0.05) is 17.5 Å². The lowest BCUT2D eigenvalue weighted by molar-refractivity contribution is 0.144. The molecule has 0 aromatic heterocycles. The van der Waals surface area contributed by atoms with Gasteiger partial charge in [0.25, 0.3) is 0 Å². The summed E-state index contributed by atoms with van der Waals surface area (Å²) < 4.78 is 5.13. The van der Waals surface area contributed by atoms with Crippen LogP contribution in [0, 0.1) is 5.92 Å². The Morgan fingerprint density at radius 1 is 1.50 bits per heavy atom. The fraction of sp³-hybridized carbons (Fsp3) is 0.417. The molecule has 4 nitrogen and oxygen atoms in total. The maximum atomic E-state index is 11.6. The Bertz CT molecular complexity index is 434. The molecule has 0 bridgehead atoms. The molecule has 1 amide bonds. The van der Waals surface area contributed by atoms with E-state index in [4.69, 9.17) is 27.9 Å². The van der Waals surface area contributed by atoms with Crippen molar-refractivity contribution in [2.24, 2.45) is 5.92 Å². The predicted molar refractivity (Wildman–Crippen MR) is 72.4 cm³/mol. The minimum absolute atomic E-state index is 0.394. The second kappa shape index (κ2) is 6.27. The lowest BCUT2D eigenvalue weighted by atomic mass is 10.1. The highest BCUT2D eigenvalue weighted by atomic mass is 35.5. The van der Waals surface area contributed by atoms with Crippen LogP contribution in [0.25, 0.3) is 0 Å². The van der Waals surface area contributed by atoms with E-state index in [1.54, 1.807) is 18.2 Å². The molecule has 0 saturated carbocycles. The summed E-state index contributed by atoms with van der Waals surface area (Å²) in [5.74, 6) is 0.394. The number of amides is 1. The fourth-order valence-corrected chi connectivity index (χ4v) is 2.13. The number of anilines is 1. The Morgan fingerprint density at radius 3 is 3.06 bits per heavy atom. The van der Waals surface area contributed by atoms with Gasteiger partial charge in [-0.2, -0.15) is 0 Å². The topological polar surface area (TPSA) is 50.4 Å². The number of rotatable bonds is 3. The summed E-state index contributed by atoms with van der Waals surface area (Å²) >= 11 is 11.8. The third kappa shape index (κ3) is 3.77. The standard InChI is InChI=1S/C12H14Cl2N2O2/c13-9-1-2-10(14)11(5-9)16-12(17)18-7-8-3-4-15-6-8/h1-2,5,8,15H,3-4,6-7H2,(H,16,17). The highest BCUT2D eigenvalue weighted by Crippen LogP contribution is 2.25. The summed E-state index contributed by atoms with van der Waals surface area (Å²) in [6.45, 7) is 2.29. The third-order valence-corrected chi connectivity index (χ3v) is 3.34. The summed E-state index contributed by atoms with van der Waals surface area (Å²) in [6, 6.07) is 4.87. The highest BCUT2D eigenvalue weighted by Gasteiger charge is 2.16. The van der Waals surface area contributed by atoms with Crippen LogP contribution in [0.4, 0.5) is 10.5 Å². The number of carbonyl (C=O) groups is 1. The van der Waals surface area contributed by atoms with Crippen LogP contribution >= 0.6 is 23.2 Å². The maximum Gasteiger partial charge on any atom is 0.411 e. The Morgan fingerprint density at radius 2 is 2.33 bits per heavy atom. The van der Waals surface area contributed by atoms with Crippen LogP contribution < -0.4 is 10.6 Å². The molecule has 18 heavy (non-hydrogen) atoms. The summed E-state index contributed by atoms with van der Waals surface area (Å²) in [5.41, 5.74) is 0.457. The Kier molecular flexibility index (Phi) is 4.69. The number of carbonyl (C=O) groups excluding carboxylic acids is 1. The summed E-state index contributed by atoms with van der Waals surface area (Å²) in [7, 11) is 0. The minimum Gasteiger partial charge on any atom is -0.449 e. The van der Waals surface area contributed by atoms with Crippen LogP contribution in [0.1, 0.15) is 6.42 Å². The van der Waals surface area contributed by atoms with Crippen LogP contribution in [0.15, 0.2) is 18.2 Å². The molecule has 2 N–H and O–H groups in total. The lowest BCUT2D eigenvalue weighted by Crippen LogP contribution is -2.20. The smallest absolute Gasteiger partial charge is 0.411 e. The Hall–Kier alpha value is -0.970. The van der Waals surface area contributed by atoms with Crippen molar-refractivity contribution in [2.75, 3.05) is 25.0 Å². The number of hydrogen-bond acceptors (Lipinski definition) is 3. The molecule has 1 aromatic rings. The minimum atomic E-state index is -0.508. The third-order valence-electron chi connectivity index (χ3n) is 2.78. The molecule has 2 rings (SSSR count). The predicted octanol–water partition coefficient (Wildman–Crippen LogP) is 3.15. The van der Waals surface area contributed by atoms with Gasteiger partial charge >= 0.3 is 6.09 Å². The monoisotopic (exact) mass is 288 g/mol. The number of benzene rings is 1. The summed E-state index contributed by atoms with van der Waals surface area (Å²) in [6.07, 6.45) is 0.525. The van der Waals surface area contributed by atoms with Crippen LogP contribution in [-0.4, -0.2) is 25.8 Å². The molecule has 0 aliphatic carbocycles. The number of nitrogens with one attached hydrogen (secondary N) is 2. The van der Waals surface area contributed by atoms with E-state index in [1.165, 1.54) is 0 Å². The first-order valence-corrected chi connectivity index (χ1v) is 6.50. The van der Waals surface area contributed by atoms with Gasteiger partial charge in [0.15, 0.2) is 0 Å². The zero-order chi connectivity index (χ0) is 13.0.